The molecule has 0 saturated heterocycles. The van der Waals surface area contributed by atoms with Gasteiger partial charge in [0.15, 0.2) is 5.96 Å². The van der Waals surface area contributed by atoms with E-state index in [-0.39, 0.29) is 11.9 Å². The second kappa shape index (κ2) is 8.28. The van der Waals surface area contributed by atoms with E-state index in [9.17, 15) is 4.79 Å². The Morgan fingerprint density at radius 3 is 2.26 bits per heavy atom. The monoisotopic (exact) mass is 269 g/mol. The van der Waals surface area contributed by atoms with Crippen molar-refractivity contribution in [2.75, 3.05) is 0 Å². The van der Waals surface area contributed by atoms with E-state index in [1.165, 1.54) is 6.92 Å². The minimum atomic E-state index is -1.50. The maximum absolute atomic E-state index is 10.7. The number of hydrogen-bond donors (Lipinski definition) is 4. The van der Waals surface area contributed by atoms with Crippen LogP contribution in [0.25, 0.3) is 0 Å². The number of carbonyl (C=O) groups is 1. The minimum absolute atomic E-state index is 0.0320. The number of guanidine groups is 1. The molecule has 0 saturated carbocycles. The van der Waals surface area contributed by atoms with Crippen LogP contribution in [0.15, 0.2) is 29.3 Å². The predicted molar refractivity (Wildman–Crippen MR) is 68.2 cm³/mol. The molecule has 9 heteroatoms. The van der Waals surface area contributed by atoms with Gasteiger partial charge in [0.2, 0.25) is 5.91 Å². The molecule has 0 aromatic heterocycles. The summed E-state index contributed by atoms with van der Waals surface area (Å²) in [6.07, 6.45) is 0. The molecule has 19 heavy (non-hydrogen) atoms. The summed E-state index contributed by atoms with van der Waals surface area (Å²) in [7, 11) is 0. The first kappa shape index (κ1) is 16.2. The molecule has 0 aliphatic rings. The van der Waals surface area contributed by atoms with Crippen LogP contribution in [-0.2, 0) is 11.3 Å². The van der Waals surface area contributed by atoms with E-state index in [1.54, 1.807) is 12.1 Å². The molecular weight excluding hydrogens is 254 g/mol. The molecule has 0 heterocycles. The molecule has 0 aliphatic heterocycles. The molecule has 0 fully saturated rings. The van der Waals surface area contributed by atoms with Crippen LogP contribution in [0.3, 0.4) is 0 Å². The summed E-state index contributed by atoms with van der Waals surface area (Å²) in [5, 5.41) is 16.3. The van der Waals surface area contributed by atoms with Gasteiger partial charge in [0, 0.05) is 13.5 Å². The second-order valence-corrected chi connectivity index (χ2v) is 3.35. The number of rotatable bonds is 3. The van der Waals surface area contributed by atoms with Crippen LogP contribution in [0.5, 0.6) is 0 Å². The molecule has 104 valence electrons. The third-order valence-electron chi connectivity index (χ3n) is 1.74. The smallest absolute Gasteiger partial charge is 0.291 e. The van der Waals surface area contributed by atoms with Gasteiger partial charge in [-0.15, -0.1) is 10.1 Å². The summed E-state index contributed by atoms with van der Waals surface area (Å²) >= 11 is 0. The van der Waals surface area contributed by atoms with Gasteiger partial charge in [0.25, 0.3) is 5.09 Å². The van der Waals surface area contributed by atoms with E-state index in [0.29, 0.717) is 12.2 Å². The molecule has 0 bridgehead atoms. The Labute approximate surface area is 109 Å². The highest BCUT2D eigenvalue weighted by Crippen LogP contribution is 2.12. The largest absolute Gasteiger partial charge is 0.370 e. The van der Waals surface area contributed by atoms with Gasteiger partial charge in [-0.2, -0.15) is 0 Å². The van der Waals surface area contributed by atoms with Gasteiger partial charge in [-0.1, -0.05) is 12.1 Å². The highest BCUT2D eigenvalue weighted by molar-refractivity contribution is 5.79. The molecule has 1 amide bonds. The molecule has 0 unspecified atom stereocenters. The van der Waals surface area contributed by atoms with E-state index in [0.717, 1.165) is 5.56 Å². The number of nitrogens with one attached hydrogen (secondary N) is 1. The molecule has 9 nitrogen and oxygen atoms in total. The SMILES string of the molecule is CC(=O)NCc1ccc(N=C(N)N)cc1.O=[N+]([O-])O. The van der Waals surface area contributed by atoms with E-state index in [2.05, 4.69) is 10.3 Å². The zero-order chi connectivity index (χ0) is 14.8. The van der Waals surface area contributed by atoms with E-state index >= 15 is 0 Å². The van der Waals surface area contributed by atoms with Crippen molar-refractivity contribution in [1.29, 1.82) is 0 Å². The highest BCUT2D eigenvalue weighted by atomic mass is 16.9. The summed E-state index contributed by atoms with van der Waals surface area (Å²) in [6, 6.07) is 7.29. The summed E-state index contributed by atoms with van der Waals surface area (Å²) in [5.74, 6) is -0.0205. The van der Waals surface area contributed by atoms with E-state index < -0.39 is 5.09 Å². The van der Waals surface area contributed by atoms with Crippen LogP contribution < -0.4 is 16.8 Å². The number of nitrogens with two attached hydrogens (primary N) is 2. The van der Waals surface area contributed by atoms with Crippen molar-refractivity contribution in [3.8, 4) is 0 Å². The highest BCUT2D eigenvalue weighted by Gasteiger charge is 1.95. The van der Waals surface area contributed by atoms with Gasteiger partial charge in [-0.05, 0) is 17.7 Å². The zero-order valence-electron chi connectivity index (χ0n) is 10.2. The Morgan fingerprint density at radius 2 is 1.89 bits per heavy atom. The Bertz CT molecular complexity index is 449. The van der Waals surface area contributed by atoms with Crippen molar-refractivity contribution in [2.24, 2.45) is 16.5 Å². The Balaban J connectivity index is 0.000000711. The van der Waals surface area contributed by atoms with Crippen LogP contribution in [0.4, 0.5) is 5.69 Å². The average Bonchev–Trinajstić information content (AvgIpc) is 2.26. The zero-order valence-corrected chi connectivity index (χ0v) is 10.2. The number of hydrogen-bond acceptors (Lipinski definition) is 4. The maximum atomic E-state index is 10.7. The van der Waals surface area contributed by atoms with Crippen LogP contribution in [0, 0.1) is 10.1 Å². The van der Waals surface area contributed by atoms with Crippen molar-refractivity contribution >= 4 is 17.6 Å². The molecule has 0 aliphatic carbocycles. The van der Waals surface area contributed by atoms with E-state index in [4.69, 9.17) is 26.8 Å². The number of benzene rings is 1. The molecule has 1 aromatic carbocycles. The normalized spacial score (nSPS) is 8.68. The lowest BCUT2D eigenvalue weighted by atomic mass is 10.2. The summed E-state index contributed by atoms with van der Waals surface area (Å²) < 4.78 is 0. The molecule has 1 aromatic rings. The summed E-state index contributed by atoms with van der Waals surface area (Å²) in [5.41, 5.74) is 12.2. The fourth-order valence-corrected chi connectivity index (χ4v) is 1.06. The Hall–Kier alpha value is -2.84. The lowest BCUT2D eigenvalue weighted by molar-refractivity contribution is -0.742. The standard InChI is InChI=1S/C10H14N4O.HNO3/c1-7(15)13-6-8-2-4-9(5-3-8)14-10(11)12;2-1(3)4/h2-5H,6H2,1H3,(H,13,15)(H4,11,12,14);(H,2,3,4). The van der Waals surface area contributed by atoms with Crippen LogP contribution in [0.2, 0.25) is 0 Å². The first-order chi connectivity index (χ1) is 8.81. The maximum Gasteiger partial charge on any atom is 0.291 e. The Kier molecular flexibility index (Phi) is 7.04. The van der Waals surface area contributed by atoms with Gasteiger partial charge in [0.05, 0.1) is 5.69 Å². The van der Waals surface area contributed by atoms with Gasteiger partial charge in [-0.25, -0.2) is 4.99 Å². The third-order valence-corrected chi connectivity index (χ3v) is 1.74. The molecular formula is C10H15N5O4. The predicted octanol–water partition coefficient (Wildman–Crippen LogP) is -0.120. The average molecular weight is 269 g/mol. The van der Waals surface area contributed by atoms with Crippen LogP contribution in [0.1, 0.15) is 12.5 Å². The Morgan fingerprint density at radius 1 is 1.42 bits per heavy atom. The van der Waals surface area contributed by atoms with E-state index in [1.807, 2.05) is 12.1 Å². The quantitative estimate of drug-likeness (QED) is 0.259. The molecule has 0 atom stereocenters. The molecule has 1 rings (SSSR count). The number of carbonyl (C=O) groups excluding carboxylic acids is 1. The molecule has 0 spiro atoms. The van der Waals surface area contributed by atoms with Gasteiger partial charge >= 0.3 is 0 Å². The lowest BCUT2D eigenvalue weighted by Gasteiger charge is -2.02. The van der Waals surface area contributed by atoms with Gasteiger partial charge in [-0.3, -0.25) is 4.79 Å². The number of aliphatic imine (C=N–C) groups is 1. The van der Waals surface area contributed by atoms with Gasteiger partial charge in [0.1, 0.15) is 0 Å². The summed E-state index contributed by atoms with van der Waals surface area (Å²) in [4.78, 5) is 22.9. The molecule has 0 radical (unpaired) electrons. The van der Waals surface area contributed by atoms with Crippen molar-refractivity contribution in [3.63, 3.8) is 0 Å². The minimum Gasteiger partial charge on any atom is -0.370 e. The van der Waals surface area contributed by atoms with Crippen LogP contribution >= 0.6 is 0 Å². The van der Waals surface area contributed by atoms with Crippen molar-refractivity contribution < 1.29 is 15.1 Å². The first-order valence-electron chi connectivity index (χ1n) is 5.07. The first-order valence-corrected chi connectivity index (χ1v) is 5.07. The number of nitrogens with zero attached hydrogens (tertiary/aromatic N) is 2. The molecule has 6 N–H and O–H groups in total. The van der Waals surface area contributed by atoms with Crippen molar-refractivity contribution in [3.05, 3.63) is 39.9 Å². The lowest BCUT2D eigenvalue weighted by Crippen LogP contribution is -2.21. The third kappa shape index (κ3) is 10.1. The topological polar surface area (TPSA) is 157 Å². The van der Waals surface area contributed by atoms with Crippen molar-refractivity contribution in [2.45, 2.75) is 13.5 Å². The second-order valence-electron chi connectivity index (χ2n) is 3.35. The summed E-state index contributed by atoms with van der Waals surface area (Å²) in [6.45, 7) is 1.99. The number of amides is 1. The fraction of sp³-hybridized carbons (Fsp3) is 0.200. The van der Waals surface area contributed by atoms with Crippen LogP contribution in [-0.4, -0.2) is 22.2 Å². The van der Waals surface area contributed by atoms with Crippen molar-refractivity contribution in [1.82, 2.24) is 5.32 Å². The fourth-order valence-electron chi connectivity index (χ4n) is 1.06. The van der Waals surface area contributed by atoms with Gasteiger partial charge < -0.3 is 22.0 Å².